The SMILES string of the molecule is CCOc1ccc(COc2ccc(NC(=O)CCn3nc(C(F)(F)F)c(Br)c3C)cc2)cc1OCC. The van der Waals surface area contributed by atoms with Crippen molar-refractivity contribution in [1.29, 1.82) is 0 Å². The maximum atomic E-state index is 13.0. The third-order valence-electron chi connectivity index (χ3n) is 5.10. The lowest BCUT2D eigenvalue weighted by Crippen LogP contribution is -2.16. The lowest BCUT2D eigenvalue weighted by molar-refractivity contribution is -0.142. The fourth-order valence-electron chi connectivity index (χ4n) is 3.34. The van der Waals surface area contributed by atoms with Gasteiger partial charge in [0.15, 0.2) is 17.2 Å². The Balaban J connectivity index is 1.52. The lowest BCUT2D eigenvalue weighted by atomic mass is 10.2. The highest BCUT2D eigenvalue weighted by Gasteiger charge is 2.37. The van der Waals surface area contributed by atoms with Crippen molar-refractivity contribution in [2.75, 3.05) is 18.5 Å². The molecular formula is C25H27BrF3N3O4. The number of ether oxygens (including phenoxy) is 3. The van der Waals surface area contributed by atoms with Crippen LogP contribution in [0.25, 0.3) is 0 Å². The number of nitrogens with one attached hydrogen (secondary N) is 1. The Morgan fingerprint density at radius 3 is 2.31 bits per heavy atom. The van der Waals surface area contributed by atoms with Gasteiger partial charge in [-0.05, 0) is 78.7 Å². The van der Waals surface area contributed by atoms with Crippen LogP contribution in [0.4, 0.5) is 18.9 Å². The number of aryl methyl sites for hydroxylation is 1. The van der Waals surface area contributed by atoms with E-state index in [0.717, 1.165) is 5.56 Å². The molecule has 3 rings (SSSR count). The lowest BCUT2D eigenvalue weighted by Gasteiger charge is -2.13. The Bertz CT molecular complexity index is 1180. The number of hydrogen-bond donors (Lipinski definition) is 1. The summed E-state index contributed by atoms with van der Waals surface area (Å²) in [4.78, 5) is 12.3. The Morgan fingerprint density at radius 2 is 1.69 bits per heavy atom. The van der Waals surface area contributed by atoms with Gasteiger partial charge in [0.05, 0.1) is 29.9 Å². The van der Waals surface area contributed by atoms with Gasteiger partial charge < -0.3 is 19.5 Å². The van der Waals surface area contributed by atoms with Gasteiger partial charge in [-0.15, -0.1) is 0 Å². The average Bonchev–Trinajstić information content (AvgIpc) is 3.13. The number of nitrogens with zero attached hydrogens (tertiary/aromatic N) is 2. The number of hydrogen-bond acceptors (Lipinski definition) is 5. The molecule has 0 aliphatic rings. The monoisotopic (exact) mass is 569 g/mol. The molecule has 36 heavy (non-hydrogen) atoms. The minimum absolute atomic E-state index is 0.0133. The topological polar surface area (TPSA) is 74.6 Å². The molecular weight excluding hydrogens is 543 g/mol. The van der Waals surface area contributed by atoms with Crippen LogP contribution in [0.15, 0.2) is 46.9 Å². The van der Waals surface area contributed by atoms with Gasteiger partial charge in [-0.3, -0.25) is 9.48 Å². The van der Waals surface area contributed by atoms with Crippen LogP contribution in [0, 0.1) is 6.92 Å². The molecule has 7 nitrogen and oxygen atoms in total. The first-order valence-electron chi connectivity index (χ1n) is 11.3. The van der Waals surface area contributed by atoms with E-state index in [2.05, 4.69) is 26.3 Å². The number of carbonyl (C=O) groups excluding carboxylic acids is 1. The van der Waals surface area contributed by atoms with Crippen LogP contribution in [0.3, 0.4) is 0 Å². The van der Waals surface area contributed by atoms with Gasteiger partial charge in [-0.25, -0.2) is 0 Å². The smallest absolute Gasteiger partial charge is 0.436 e. The molecule has 0 unspecified atom stereocenters. The van der Waals surface area contributed by atoms with Crippen LogP contribution in [-0.2, 0) is 24.1 Å². The second-order valence-corrected chi connectivity index (χ2v) is 8.52. The van der Waals surface area contributed by atoms with Gasteiger partial charge >= 0.3 is 6.18 Å². The second kappa shape index (κ2) is 12.2. The molecule has 1 heterocycles. The van der Waals surface area contributed by atoms with Crippen molar-refractivity contribution in [3.05, 3.63) is 63.9 Å². The highest BCUT2D eigenvalue weighted by Crippen LogP contribution is 2.35. The van der Waals surface area contributed by atoms with E-state index in [1.165, 1.54) is 11.6 Å². The minimum Gasteiger partial charge on any atom is -0.490 e. The van der Waals surface area contributed by atoms with E-state index in [-0.39, 0.29) is 23.3 Å². The molecule has 0 bridgehead atoms. The van der Waals surface area contributed by atoms with Gasteiger partial charge in [0.25, 0.3) is 0 Å². The van der Waals surface area contributed by atoms with Gasteiger partial charge in [0, 0.05) is 12.1 Å². The number of anilines is 1. The molecule has 1 amide bonds. The Labute approximate surface area is 215 Å². The maximum Gasteiger partial charge on any atom is 0.436 e. The second-order valence-electron chi connectivity index (χ2n) is 7.73. The molecule has 11 heteroatoms. The first kappa shape index (κ1) is 27.4. The molecule has 0 saturated carbocycles. The fraction of sp³-hybridized carbons (Fsp3) is 0.360. The molecule has 0 aliphatic heterocycles. The number of halogens is 4. The van der Waals surface area contributed by atoms with Crippen molar-refractivity contribution in [2.24, 2.45) is 0 Å². The highest BCUT2D eigenvalue weighted by molar-refractivity contribution is 9.10. The molecule has 0 saturated heterocycles. The van der Waals surface area contributed by atoms with E-state index in [0.29, 0.717) is 48.5 Å². The van der Waals surface area contributed by atoms with Crippen LogP contribution >= 0.6 is 15.9 Å². The number of alkyl halides is 3. The quantitative estimate of drug-likeness (QED) is 0.290. The summed E-state index contributed by atoms with van der Waals surface area (Å²) < 4.78 is 57.1. The molecule has 2 aromatic carbocycles. The maximum absolute atomic E-state index is 13.0. The first-order valence-corrected chi connectivity index (χ1v) is 12.1. The van der Waals surface area contributed by atoms with Crippen molar-refractivity contribution in [3.8, 4) is 17.2 Å². The Hall–Kier alpha value is -3.21. The zero-order valence-corrected chi connectivity index (χ0v) is 21.7. The minimum atomic E-state index is -4.57. The summed E-state index contributed by atoms with van der Waals surface area (Å²) in [6.45, 7) is 6.71. The van der Waals surface area contributed by atoms with E-state index in [1.807, 2.05) is 32.0 Å². The molecule has 0 spiro atoms. The summed E-state index contributed by atoms with van der Waals surface area (Å²) in [6.07, 6.45) is -4.61. The van der Waals surface area contributed by atoms with Gasteiger partial charge in [0.1, 0.15) is 12.4 Å². The molecule has 3 aromatic rings. The van der Waals surface area contributed by atoms with Crippen molar-refractivity contribution in [2.45, 2.75) is 46.5 Å². The number of carbonyl (C=O) groups is 1. The van der Waals surface area contributed by atoms with Crippen molar-refractivity contribution in [1.82, 2.24) is 9.78 Å². The van der Waals surface area contributed by atoms with Gasteiger partial charge in [-0.2, -0.15) is 18.3 Å². The Morgan fingerprint density at radius 1 is 1.03 bits per heavy atom. The van der Waals surface area contributed by atoms with Crippen LogP contribution in [0.2, 0.25) is 0 Å². The number of amides is 1. The number of rotatable bonds is 11. The molecule has 0 radical (unpaired) electrons. The zero-order valence-electron chi connectivity index (χ0n) is 20.1. The largest absolute Gasteiger partial charge is 0.490 e. The number of benzene rings is 2. The summed E-state index contributed by atoms with van der Waals surface area (Å²) >= 11 is 2.92. The molecule has 0 atom stereocenters. The van der Waals surface area contributed by atoms with E-state index in [9.17, 15) is 18.0 Å². The zero-order chi connectivity index (χ0) is 26.3. The summed E-state index contributed by atoms with van der Waals surface area (Å²) in [6, 6.07) is 12.4. The van der Waals surface area contributed by atoms with Crippen LogP contribution < -0.4 is 19.5 Å². The van der Waals surface area contributed by atoms with Crippen molar-refractivity contribution in [3.63, 3.8) is 0 Å². The summed E-state index contributed by atoms with van der Waals surface area (Å²) in [5, 5.41) is 6.30. The summed E-state index contributed by atoms with van der Waals surface area (Å²) in [5.74, 6) is 1.60. The predicted molar refractivity (Wildman–Crippen MR) is 132 cm³/mol. The fourth-order valence-corrected chi connectivity index (χ4v) is 3.85. The van der Waals surface area contributed by atoms with Crippen molar-refractivity contribution >= 4 is 27.5 Å². The molecule has 1 aromatic heterocycles. The van der Waals surface area contributed by atoms with Crippen LogP contribution in [-0.4, -0.2) is 28.9 Å². The Kier molecular flexibility index (Phi) is 9.25. The van der Waals surface area contributed by atoms with Gasteiger partial charge in [0.2, 0.25) is 5.91 Å². The summed E-state index contributed by atoms with van der Waals surface area (Å²) in [7, 11) is 0. The third kappa shape index (κ3) is 7.16. The number of aromatic nitrogens is 2. The van der Waals surface area contributed by atoms with Gasteiger partial charge in [-0.1, -0.05) is 6.07 Å². The molecule has 194 valence electrons. The third-order valence-corrected chi connectivity index (χ3v) is 6.05. The van der Waals surface area contributed by atoms with E-state index >= 15 is 0 Å². The molecule has 0 fully saturated rings. The molecule has 1 N–H and O–H groups in total. The standard InChI is InChI=1S/C25H27BrF3N3O4/c1-4-34-20-11-6-17(14-21(20)35-5-2)15-36-19-9-7-18(8-10-19)30-22(33)12-13-32-16(3)23(26)24(31-32)25(27,28)29/h6-11,14H,4-5,12-13,15H2,1-3H3,(H,30,33). The highest BCUT2D eigenvalue weighted by atomic mass is 79.9. The van der Waals surface area contributed by atoms with Crippen molar-refractivity contribution < 1.29 is 32.2 Å². The van der Waals surface area contributed by atoms with Crippen LogP contribution in [0.1, 0.15) is 37.2 Å². The first-order chi connectivity index (χ1) is 17.1. The van der Waals surface area contributed by atoms with E-state index in [1.54, 1.807) is 24.3 Å². The average molecular weight is 570 g/mol. The molecule has 0 aliphatic carbocycles. The van der Waals surface area contributed by atoms with Crippen LogP contribution in [0.5, 0.6) is 17.2 Å². The summed E-state index contributed by atoms with van der Waals surface area (Å²) in [5.41, 5.74) is 0.753. The van der Waals surface area contributed by atoms with E-state index < -0.39 is 11.9 Å². The van der Waals surface area contributed by atoms with E-state index in [4.69, 9.17) is 14.2 Å². The normalized spacial score (nSPS) is 11.3. The predicted octanol–water partition coefficient (Wildman–Crippen LogP) is 6.38.